The SMILES string of the molecule is COC(=O)c1nc(NC(=O)c2c(F)cncc2Oc2ccc(OC(F)(F)F)cc2OC)ccc1F. The fraction of sp³-hybridized carbons (Fsp3) is 0.143. The van der Waals surface area contributed by atoms with Crippen LogP contribution in [-0.4, -0.2) is 42.4 Å². The Bertz CT molecular complexity index is 1270. The van der Waals surface area contributed by atoms with Crippen molar-refractivity contribution in [3.8, 4) is 23.0 Å². The minimum atomic E-state index is -4.95. The van der Waals surface area contributed by atoms with Crippen LogP contribution in [0.3, 0.4) is 0 Å². The Kier molecular flexibility index (Phi) is 7.32. The Morgan fingerprint density at radius 3 is 2.34 bits per heavy atom. The first-order valence-corrected chi connectivity index (χ1v) is 9.33. The highest BCUT2D eigenvalue weighted by atomic mass is 19.4. The average Bonchev–Trinajstić information content (AvgIpc) is 2.79. The van der Waals surface area contributed by atoms with Gasteiger partial charge in [-0.25, -0.2) is 18.6 Å². The van der Waals surface area contributed by atoms with Gasteiger partial charge in [0.25, 0.3) is 5.91 Å². The lowest BCUT2D eigenvalue weighted by Gasteiger charge is -2.15. The molecule has 0 aliphatic rings. The number of carbonyl (C=O) groups excluding carboxylic acids is 2. The van der Waals surface area contributed by atoms with Gasteiger partial charge in [-0.2, -0.15) is 0 Å². The van der Waals surface area contributed by atoms with Gasteiger partial charge in [0.15, 0.2) is 34.6 Å². The second-order valence-corrected chi connectivity index (χ2v) is 6.43. The van der Waals surface area contributed by atoms with E-state index in [0.29, 0.717) is 6.20 Å². The number of nitrogens with zero attached hydrogens (tertiary/aromatic N) is 2. The van der Waals surface area contributed by atoms with Crippen molar-refractivity contribution >= 4 is 17.7 Å². The summed E-state index contributed by atoms with van der Waals surface area (Å²) >= 11 is 0. The van der Waals surface area contributed by atoms with Crippen molar-refractivity contribution in [1.29, 1.82) is 0 Å². The van der Waals surface area contributed by atoms with Crippen molar-refractivity contribution in [1.82, 2.24) is 9.97 Å². The number of methoxy groups -OCH3 is 2. The number of carbonyl (C=O) groups is 2. The number of hydrogen-bond acceptors (Lipinski definition) is 8. The molecule has 0 unspecified atom stereocenters. The van der Waals surface area contributed by atoms with Gasteiger partial charge in [0.1, 0.15) is 17.1 Å². The van der Waals surface area contributed by atoms with Crippen LogP contribution in [0.15, 0.2) is 42.7 Å². The molecular weight excluding hydrogens is 485 g/mol. The molecule has 184 valence electrons. The number of hydrogen-bond donors (Lipinski definition) is 1. The Hall–Kier alpha value is -4.49. The van der Waals surface area contributed by atoms with Gasteiger partial charge in [-0.1, -0.05) is 0 Å². The summed E-state index contributed by atoms with van der Waals surface area (Å²) in [5, 5.41) is 2.19. The molecule has 0 radical (unpaired) electrons. The zero-order chi connectivity index (χ0) is 25.8. The van der Waals surface area contributed by atoms with Gasteiger partial charge in [-0.3, -0.25) is 9.78 Å². The zero-order valence-corrected chi connectivity index (χ0v) is 17.8. The van der Waals surface area contributed by atoms with E-state index in [2.05, 4.69) is 24.8 Å². The van der Waals surface area contributed by atoms with Crippen LogP contribution in [0.5, 0.6) is 23.0 Å². The Balaban J connectivity index is 1.91. The molecule has 0 atom stereocenters. The van der Waals surface area contributed by atoms with E-state index in [1.807, 2.05) is 0 Å². The van der Waals surface area contributed by atoms with E-state index >= 15 is 0 Å². The van der Waals surface area contributed by atoms with Crippen LogP contribution in [0.25, 0.3) is 0 Å². The monoisotopic (exact) mass is 499 g/mol. The lowest BCUT2D eigenvalue weighted by molar-refractivity contribution is -0.274. The molecule has 3 aromatic rings. The molecule has 0 saturated heterocycles. The Morgan fingerprint density at radius 1 is 0.943 bits per heavy atom. The second kappa shape index (κ2) is 10.2. The van der Waals surface area contributed by atoms with Crippen LogP contribution in [-0.2, 0) is 4.74 Å². The van der Waals surface area contributed by atoms with E-state index < -0.39 is 52.6 Å². The van der Waals surface area contributed by atoms with Crippen LogP contribution in [0.1, 0.15) is 20.8 Å². The number of anilines is 1. The number of benzene rings is 1. The van der Waals surface area contributed by atoms with Crippen molar-refractivity contribution in [2.24, 2.45) is 0 Å². The van der Waals surface area contributed by atoms with Crippen molar-refractivity contribution in [2.75, 3.05) is 19.5 Å². The first kappa shape index (κ1) is 25.1. The molecule has 0 spiro atoms. The Labute approximate surface area is 193 Å². The van der Waals surface area contributed by atoms with Gasteiger partial charge < -0.3 is 24.3 Å². The topological polar surface area (TPSA) is 109 Å². The first-order chi connectivity index (χ1) is 16.5. The quantitative estimate of drug-likeness (QED) is 0.374. The number of ether oxygens (including phenoxy) is 4. The molecule has 9 nitrogen and oxygen atoms in total. The van der Waals surface area contributed by atoms with Crippen LogP contribution in [0, 0.1) is 11.6 Å². The molecule has 0 bridgehead atoms. The van der Waals surface area contributed by atoms with E-state index in [4.69, 9.17) is 9.47 Å². The largest absolute Gasteiger partial charge is 0.573 e. The number of esters is 1. The smallest absolute Gasteiger partial charge is 0.493 e. The van der Waals surface area contributed by atoms with Gasteiger partial charge in [0, 0.05) is 6.07 Å². The molecule has 2 heterocycles. The number of aromatic nitrogens is 2. The summed E-state index contributed by atoms with van der Waals surface area (Å²) in [5.74, 6) is -6.17. The summed E-state index contributed by atoms with van der Waals surface area (Å²) in [5.41, 5.74) is -1.40. The normalized spacial score (nSPS) is 10.9. The zero-order valence-electron chi connectivity index (χ0n) is 17.8. The number of amides is 1. The molecule has 0 aliphatic carbocycles. The third-order valence-corrected chi connectivity index (χ3v) is 4.15. The summed E-state index contributed by atoms with van der Waals surface area (Å²) < 4.78 is 84.3. The number of pyridine rings is 2. The average molecular weight is 499 g/mol. The van der Waals surface area contributed by atoms with Crippen molar-refractivity contribution < 1.29 is 50.5 Å². The predicted octanol–water partition coefficient (Wildman–Crippen LogP) is 4.49. The molecule has 0 fully saturated rings. The van der Waals surface area contributed by atoms with Gasteiger partial charge in [0.05, 0.1) is 26.6 Å². The van der Waals surface area contributed by atoms with Gasteiger partial charge in [0.2, 0.25) is 0 Å². The van der Waals surface area contributed by atoms with Crippen molar-refractivity contribution in [3.05, 3.63) is 65.6 Å². The maximum absolute atomic E-state index is 14.5. The summed E-state index contributed by atoms with van der Waals surface area (Å²) in [6.45, 7) is 0. The number of rotatable bonds is 7. The molecule has 0 aliphatic heterocycles. The van der Waals surface area contributed by atoms with E-state index in [9.17, 15) is 31.5 Å². The fourth-order valence-electron chi connectivity index (χ4n) is 2.69. The Morgan fingerprint density at radius 2 is 1.69 bits per heavy atom. The van der Waals surface area contributed by atoms with E-state index in [-0.39, 0.29) is 17.3 Å². The van der Waals surface area contributed by atoms with E-state index in [1.165, 1.54) is 0 Å². The fourth-order valence-corrected chi connectivity index (χ4v) is 2.69. The summed E-state index contributed by atoms with van der Waals surface area (Å²) in [6, 6.07) is 4.67. The first-order valence-electron chi connectivity index (χ1n) is 9.33. The van der Waals surface area contributed by atoms with E-state index in [0.717, 1.165) is 50.7 Å². The number of alkyl halides is 3. The molecule has 1 amide bonds. The summed E-state index contributed by atoms with van der Waals surface area (Å²) in [7, 11) is 2.14. The molecule has 35 heavy (non-hydrogen) atoms. The van der Waals surface area contributed by atoms with Crippen LogP contribution >= 0.6 is 0 Å². The van der Waals surface area contributed by atoms with Gasteiger partial charge >= 0.3 is 12.3 Å². The maximum atomic E-state index is 14.5. The highest BCUT2D eigenvalue weighted by molar-refractivity contribution is 6.06. The maximum Gasteiger partial charge on any atom is 0.573 e. The highest BCUT2D eigenvalue weighted by Crippen LogP contribution is 2.37. The minimum Gasteiger partial charge on any atom is -0.493 e. The molecule has 3 rings (SSSR count). The lowest BCUT2D eigenvalue weighted by Crippen LogP contribution is -2.18. The number of halogens is 5. The van der Waals surface area contributed by atoms with Crippen LogP contribution in [0.4, 0.5) is 27.8 Å². The minimum absolute atomic E-state index is 0.198. The lowest BCUT2D eigenvalue weighted by atomic mass is 10.2. The predicted molar refractivity (Wildman–Crippen MR) is 107 cm³/mol. The molecule has 0 saturated carbocycles. The standard InChI is InChI=1S/C21H14F5N3O6/c1-32-14-7-10(35-21(24,25)26)3-5-13(14)34-15-9-27-8-12(23)17(15)19(30)29-16-6-4-11(22)18(28-16)20(31)33-2/h3-9H,1-2H3,(H,28,29,30). The van der Waals surface area contributed by atoms with Crippen LogP contribution < -0.4 is 19.5 Å². The number of nitrogens with one attached hydrogen (secondary N) is 1. The second-order valence-electron chi connectivity index (χ2n) is 6.43. The summed E-state index contributed by atoms with van der Waals surface area (Å²) in [6.07, 6.45) is -3.28. The third kappa shape index (κ3) is 6.10. The van der Waals surface area contributed by atoms with Crippen molar-refractivity contribution in [3.63, 3.8) is 0 Å². The van der Waals surface area contributed by atoms with E-state index in [1.54, 1.807) is 0 Å². The van der Waals surface area contributed by atoms with Crippen LogP contribution in [0.2, 0.25) is 0 Å². The molecule has 14 heteroatoms. The molecule has 1 N–H and O–H groups in total. The van der Waals surface area contributed by atoms with Gasteiger partial charge in [-0.15, -0.1) is 13.2 Å². The molecule has 1 aromatic carbocycles. The molecular formula is C21H14F5N3O6. The molecule has 2 aromatic heterocycles. The van der Waals surface area contributed by atoms with Gasteiger partial charge in [-0.05, 0) is 24.3 Å². The third-order valence-electron chi connectivity index (χ3n) is 4.15. The highest BCUT2D eigenvalue weighted by Gasteiger charge is 2.31. The van der Waals surface area contributed by atoms with Crippen molar-refractivity contribution in [2.45, 2.75) is 6.36 Å². The summed E-state index contributed by atoms with van der Waals surface area (Å²) in [4.78, 5) is 31.6.